The second kappa shape index (κ2) is 5.20. The van der Waals surface area contributed by atoms with E-state index >= 15 is 0 Å². The van der Waals surface area contributed by atoms with Crippen molar-refractivity contribution >= 4 is 0 Å². The SMILES string of the molecule is CCC(C)(CC)Cc1ccc(OC)cc1. The number of rotatable bonds is 5. The Kier molecular flexibility index (Phi) is 4.19. The molecule has 1 nitrogen and oxygen atoms in total. The molecule has 1 aromatic carbocycles. The molecule has 84 valence electrons. The van der Waals surface area contributed by atoms with E-state index in [0.29, 0.717) is 5.41 Å². The highest BCUT2D eigenvalue weighted by Gasteiger charge is 2.19. The second-order valence-corrected chi connectivity index (χ2v) is 4.54. The molecule has 0 aromatic heterocycles. The summed E-state index contributed by atoms with van der Waals surface area (Å²) in [5.74, 6) is 0.938. The minimum Gasteiger partial charge on any atom is -0.497 e. The average Bonchev–Trinajstić information content (AvgIpc) is 2.30. The normalized spacial score (nSPS) is 11.5. The van der Waals surface area contributed by atoms with Crippen LogP contribution < -0.4 is 4.74 Å². The largest absolute Gasteiger partial charge is 0.497 e. The van der Waals surface area contributed by atoms with Gasteiger partial charge in [-0.1, -0.05) is 45.7 Å². The zero-order valence-electron chi connectivity index (χ0n) is 10.3. The molecule has 0 aliphatic carbocycles. The summed E-state index contributed by atoms with van der Waals surface area (Å²) in [6, 6.07) is 8.42. The molecule has 0 unspecified atom stereocenters. The molecule has 0 spiro atoms. The van der Waals surface area contributed by atoms with Gasteiger partial charge in [-0.15, -0.1) is 0 Å². The smallest absolute Gasteiger partial charge is 0.118 e. The molecule has 0 amide bonds. The monoisotopic (exact) mass is 206 g/mol. The van der Waals surface area contributed by atoms with Gasteiger partial charge in [-0.25, -0.2) is 0 Å². The predicted octanol–water partition coefficient (Wildman–Crippen LogP) is 4.06. The van der Waals surface area contributed by atoms with E-state index in [2.05, 4.69) is 32.9 Å². The highest BCUT2D eigenvalue weighted by molar-refractivity contribution is 5.27. The molecule has 0 radical (unpaired) electrons. The van der Waals surface area contributed by atoms with Crippen LogP contribution in [0.1, 0.15) is 39.2 Å². The van der Waals surface area contributed by atoms with Crippen molar-refractivity contribution in [3.8, 4) is 5.75 Å². The first kappa shape index (κ1) is 12.1. The van der Waals surface area contributed by atoms with Crippen LogP contribution in [0.4, 0.5) is 0 Å². The second-order valence-electron chi connectivity index (χ2n) is 4.54. The van der Waals surface area contributed by atoms with Gasteiger partial charge in [0.05, 0.1) is 7.11 Å². The third-order valence-corrected chi connectivity index (χ3v) is 3.50. The lowest BCUT2D eigenvalue weighted by Crippen LogP contribution is -2.17. The van der Waals surface area contributed by atoms with Crippen molar-refractivity contribution in [2.75, 3.05) is 7.11 Å². The number of ether oxygens (including phenoxy) is 1. The maximum Gasteiger partial charge on any atom is 0.118 e. The van der Waals surface area contributed by atoms with E-state index in [0.717, 1.165) is 12.2 Å². The van der Waals surface area contributed by atoms with Crippen LogP contribution in [-0.2, 0) is 6.42 Å². The fourth-order valence-electron chi connectivity index (χ4n) is 1.74. The fraction of sp³-hybridized carbons (Fsp3) is 0.571. The van der Waals surface area contributed by atoms with Gasteiger partial charge in [-0.05, 0) is 29.5 Å². The Morgan fingerprint density at radius 2 is 1.60 bits per heavy atom. The lowest BCUT2D eigenvalue weighted by Gasteiger charge is -2.26. The van der Waals surface area contributed by atoms with E-state index in [1.807, 2.05) is 12.1 Å². The van der Waals surface area contributed by atoms with Crippen LogP contribution in [0.15, 0.2) is 24.3 Å². The number of benzene rings is 1. The molecule has 0 aliphatic heterocycles. The van der Waals surface area contributed by atoms with Crippen LogP contribution >= 0.6 is 0 Å². The molecule has 1 aromatic rings. The molecule has 0 saturated carbocycles. The summed E-state index contributed by atoms with van der Waals surface area (Å²) in [7, 11) is 1.71. The third-order valence-electron chi connectivity index (χ3n) is 3.50. The van der Waals surface area contributed by atoms with Crippen LogP contribution in [0.25, 0.3) is 0 Å². The predicted molar refractivity (Wildman–Crippen MR) is 65.4 cm³/mol. The van der Waals surface area contributed by atoms with E-state index in [4.69, 9.17) is 4.74 Å². The summed E-state index contributed by atoms with van der Waals surface area (Å²) < 4.78 is 5.15. The lowest BCUT2D eigenvalue weighted by atomic mass is 9.79. The van der Waals surface area contributed by atoms with Crippen LogP contribution in [0.3, 0.4) is 0 Å². The van der Waals surface area contributed by atoms with E-state index in [1.54, 1.807) is 7.11 Å². The zero-order valence-corrected chi connectivity index (χ0v) is 10.3. The Morgan fingerprint density at radius 1 is 1.07 bits per heavy atom. The summed E-state index contributed by atoms with van der Waals surface area (Å²) in [4.78, 5) is 0. The first-order valence-electron chi connectivity index (χ1n) is 5.76. The molecule has 1 rings (SSSR count). The van der Waals surface area contributed by atoms with Gasteiger partial charge in [0.25, 0.3) is 0 Å². The summed E-state index contributed by atoms with van der Waals surface area (Å²) in [6.45, 7) is 6.90. The maximum atomic E-state index is 5.15. The van der Waals surface area contributed by atoms with Crippen molar-refractivity contribution in [1.29, 1.82) is 0 Å². The first-order valence-corrected chi connectivity index (χ1v) is 5.76. The Hall–Kier alpha value is -0.980. The number of hydrogen-bond acceptors (Lipinski definition) is 1. The lowest BCUT2D eigenvalue weighted by molar-refractivity contribution is 0.295. The number of hydrogen-bond donors (Lipinski definition) is 0. The molecule has 0 fully saturated rings. The van der Waals surface area contributed by atoms with Gasteiger partial charge < -0.3 is 4.74 Å². The minimum absolute atomic E-state index is 0.439. The molecule has 0 aliphatic rings. The molecule has 0 heterocycles. The van der Waals surface area contributed by atoms with E-state index in [1.165, 1.54) is 18.4 Å². The van der Waals surface area contributed by atoms with Crippen LogP contribution in [-0.4, -0.2) is 7.11 Å². The molecule has 1 heteroatoms. The molecule has 0 N–H and O–H groups in total. The summed E-state index contributed by atoms with van der Waals surface area (Å²) in [5.41, 5.74) is 1.84. The Balaban J connectivity index is 2.71. The van der Waals surface area contributed by atoms with E-state index < -0.39 is 0 Å². The van der Waals surface area contributed by atoms with Gasteiger partial charge in [0, 0.05) is 0 Å². The molecule has 0 atom stereocenters. The standard InChI is InChI=1S/C14H22O/c1-5-14(3,6-2)11-12-7-9-13(15-4)10-8-12/h7-10H,5-6,11H2,1-4H3. The Labute approximate surface area is 93.5 Å². The minimum atomic E-state index is 0.439. The van der Waals surface area contributed by atoms with Crippen molar-refractivity contribution < 1.29 is 4.74 Å². The Bertz CT molecular complexity index is 283. The van der Waals surface area contributed by atoms with Crippen LogP contribution in [0.2, 0.25) is 0 Å². The van der Waals surface area contributed by atoms with Crippen molar-refractivity contribution in [3.05, 3.63) is 29.8 Å². The molecular weight excluding hydrogens is 184 g/mol. The number of methoxy groups -OCH3 is 1. The molecule has 0 saturated heterocycles. The van der Waals surface area contributed by atoms with Gasteiger partial charge in [0.1, 0.15) is 5.75 Å². The van der Waals surface area contributed by atoms with Gasteiger partial charge in [-0.2, -0.15) is 0 Å². The summed E-state index contributed by atoms with van der Waals surface area (Å²) in [5, 5.41) is 0. The van der Waals surface area contributed by atoms with Crippen LogP contribution in [0, 0.1) is 5.41 Å². The molecular formula is C14H22O. The van der Waals surface area contributed by atoms with Crippen molar-refractivity contribution in [3.63, 3.8) is 0 Å². The zero-order chi connectivity index (χ0) is 11.3. The van der Waals surface area contributed by atoms with E-state index in [9.17, 15) is 0 Å². The Morgan fingerprint density at radius 3 is 2.00 bits per heavy atom. The molecule has 0 bridgehead atoms. The van der Waals surface area contributed by atoms with Crippen molar-refractivity contribution in [1.82, 2.24) is 0 Å². The van der Waals surface area contributed by atoms with Gasteiger partial charge in [0.15, 0.2) is 0 Å². The van der Waals surface area contributed by atoms with Gasteiger partial charge >= 0.3 is 0 Å². The topological polar surface area (TPSA) is 9.23 Å². The van der Waals surface area contributed by atoms with Crippen molar-refractivity contribution in [2.24, 2.45) is 5.41 Å². The summed E-state index contributed by atoms with van der Waals surface area (Å²) in [6.07, 6.45) is 3.62. The molecule has 15 heavy (non-hydrogen) atoms. The van der Waals surface area contributed by atoms with E-state index in [-0.39, 0.29) is 0 Å². The average molecular weight is 206 g/mol. The van der Waals surface area contributed by atoms with Gasteiger partial charge in [-0.3, -0.25) is 0 Å². The quantitative estimate of drug-likeness (QED) is 0.705. The fourth-order valence-corrected chi connectivity index (χ4v) is 1.74. The highest BCUT2D eigenvalue weighted by Crippen LogP contribution is 2.30. The highest BCUT2D eigenvalue weighted by atomic mass is 16.5. The first-order chi connectivity index (χ1) is 7.13. The summed E-state index contributed by atoms with van der Waals surface area (Å²) >= 11 is 0. The van der Waals surface area contributed by atoms with Gasteiger partial charge in [0.2, 0.25) is 0 Å². The maximum absolute atomic E-state index is 5.15. The van der Waals surface area contributed by atoms with Crippen LogP contribution in [0.5, 0.6) is 5.75 Å². The third kappa shape index (κ3) is 3.26. The van der Waals surface area contributed by atoms with Crippen molar-refractivity contribution in [2.45, 2.75) is 40.0 Å².